The summed E-state index contributed by atoms with van der Waals surface area (Å²) in [6, 6.07) is 3.69. The van der Waals surface area contributed by atoms with Gasteiger partial charge in [0, 0.05) is 19.3 Å². The number of hydrazone groups is 1. The van der Waals surface area contributed by atoms with Gasteiger partial charge in [0.25, 0.3) is 10.0 Å². The largest absolute Gasteiger partial charge is 0.444 e. The highest BCUT2D eigenvalue weighted by Crippen LogP contribution is 2.22. The zero-order valence-corrected chi connectivity index (χ0v) is 18.4. The standard InChI is InChI=1S/C20H31N3O4S/c1-14-11-15(2)18(16(3)12-14)28(25,26)22-21-13-17-7-9-23(10-8-17)19(24)27-20(4,5)6/h11-13,17,22H,7-10H2,1-6H3/b21-13+. The number of nitrogens with one attached hydrogen (secondary N) is 1. The van der Waals surface area contributed by atoms with E-state index in [1.807, 2.05) is 39.8 Å². The Bertz CT molecular complexity index is 826. The molecule has 28 heavy (non-hydrogen) atoms. The van der Waals surface area contributed by atoms with Crippen LogP contribution in [-0.4, -0.2) is 44.3 Å². The highest BCUT2D eigenvalue weighted by molar-refractivity contribution is 7.89. The molecule has 7 nitrogen and oxygen atoms in total. The zero-order valence-electron chi connectivity index (χ0n) is 17.6. The van der Waals surface area contributed by atoms with Crippen molar-refractivity contribution >= 4 is 22.3 Å². The third-order valence-electron chi connectivity index (χ3n) is 4.52. The molecular formula is C20H31N3O4S. The van der Waals surface area contributed by atoms with Crippen molar-refractivity contribution in [3.8, 4) is 0 Å². The normalized spacial score (nSPS) is 16.4. The van der Waals surface area contributed by atoms with Gasteiger partial charge in [0.15, 0.2) is 0 Å². The van der Waals surface area contributed by atoms with Gasteiger partial charge in [-0.25, -0.2) is 9.63 Å². The summed E-state index contributed by atoms with van der Waals surface area (Å²) in [4.78, 5) is 16.4. The average Bonchev–Trinajstić information content (AvgIpc) is 2.52. The first-order chi connectivity index (χ1) is 12.9. The lowest BCUT2D eigenvalue weighted by atomic mass is 9.99. The Kier molecular flexibility index (Phi) is 6.75. The van der Waals surface area contributed by atoms with Gasteiger partial charge in [0.2, 0.25) is 0 Å². The maximum Gasteiger partial charge on any atom is 0.410 e. The van der Waals surface area contributed by atoms with Gasteiger partial charge in [-0.15, -0.1) is 0 Å². The minimum Gasteiger partial charge on any atom is -0.444 e. The summed E-state index contributed by atoms with van der Waals surface area (Å²) >= 11 is 0. The number of ether oxygens (including phenoxy) is 1. The molecule has 1 aromatic carbocycles. The molecule has 0 atom stereocenters. The molecular weight excluding hydrogens is 378 g/mol. The lowest BCUT2D eigenvalue weighted by Crippen LogP contribution is -2.42. The number of sulfonamides is 1. The van der Waals surface area contributed by atoms with Crippen molar-refractivity contribution in [3.63, 3.8) is 0 Å². The zero-order chi connectivity index (χ0) is 21.1. The first-order valence-corrected chi connectivity index (χ1v) is 11.0. The molecule has 0 aromatic heterocycles. The minimum atomic E-state index is -3.72. The topological polar surface area (TPSA) is 88.1 Å². The van der Waals surface area contributed by atoms with Crippen LogP contribution in [0, 0.1) is 26.7 Å². The van der Waals surface area contributed by atoms with Crippen LogP contribution < -0.4 is 4.83 Å². The monoisotopic (exact) mass is 409 g/mol. The highest BCUT2D eigenvalue weighted by Gasteiger charge is 2.26. The molecule has 8 heteroatoms. The van der Waals surface area contributed by atoms with Gasteiger partial charge < -0.3 is 9.64 Å². The second-order valence-electron chi connectivity index (χ2n) is 8.41. The number of piperidine rings is 1. The lowest BCUT2D eigenvalue weighted by Gasteiger charge is -2.32. The SMILES string of the molecule is Cc1cc(C)c(S(=O)(=O)N/N=C/C2CCN(C(=O)OC(C)(C)C)CC2)c(C)c1. The van der Waals surface area contributed by atoms with Crippen molar-refractivity contribution in [1.29, 1.82) is 0 Å². The van der Waals surface area contributed by atoms with Crippen molar-refractivity contribution in [2.45, 2.75) is 64.9 Å². The fourth-order valence-corrected chi connectivity index (χ4v) is 4.66. The molecule has 0 bridgehead atoms. The number of carbonyl (C=O) groups excluding carboxylic acids is 1. The summed E-state index contributed by atoms with van der Waals surface area (Å²) < 4.78 is 30.6. The first kappa shape index (κ1) is 22.2. The number of aryl methyl sites for hydroxylation is 3. The first-order valence-electron chi connectivity index (χ1n) is 9.50. The molecule has 0 saturated carbocycles. The van der Waals surface area contributed by atoms with Crippen LogP contribution in [0.5, 0.6) is 0 Å². The fraction of sp³-hybridized carbons (Fsp3) is 0.600. The van der Waals surface area contributed by atoms with Gasteiger partial charge in [-0.2, -0.15) is 13.5 Å². The summed E-state index contributed by atoms with van der Waals surface area (Å²) in [6.07, 6.45) is 2.75. The minimum absolute atomic E-state index is 0.113. The Morgan fingerprint density at radius 1 is 1.18 bits per heavy atom. The van der Waals surface area contributed by atoms with E-state index < -0.39 is 15.6 Å². The Labute approximate surface area is 168 Å². The van der Waals surface area contributed by atoms with E-state index in [1.54, 1.807) is 25.0 Å². The molecule has 0 radical (unpaired) electrons. The van der Waals surface area contributed by atoms with Gasteiger partial charge >= 0.3 is 6.09 Å². The number of benzene rings is 1. The van der Waals surface area contributed by atoms with Crippen molar-refractivity contribution < 1.29 is 17.9 Å². The maximum atomic E-state index is 12.6. The van der Waals surface area contributed by atoms with Crippen LogP contribution in [-0.2, 0) is 14.8 Å². The van der Waals surface area contributed by atoms with E-state index in [-0.39, 0.29) is 16.9 Å². The molecule has 1 N–H and O–H groups in total. The maximum absolute atomic E-state index is 12.6. The molecule has 0 unspecified atom stereocenters. The molecule has 0 spiro atoms. The number of nitrogens with zero attached hydrogens (tertiary/aromatic N) is 2. The van der Waals surface area contributed by atoms with E-state index in [1.165, 1.54) is 0 Å². The number of amides is 1. The second-order valence-corrected chi connectivity index (χ2v) is 10.0. The van der Waals surface area contributed by atoms with E-state index in [9.17, 15) is 13.2 Å². The summed E-state index contributed by atoms with van der Waals surface area (Å²) in [6.45, 7) is 12.2. The van der Waals surface area contributed by atoms with Crippen LogP contribution >= 0.6 is 0 Å². The fourth-order valence-electron chi connectivity index (χ4n) is 3.40. The molecule has 1 aromatic rings. The number of rotatable bonds is 4. The predicted molar refractivity (Wildman–Crippen MR) is 110 cm³/mol. The van der Waals surface area contributed by atoms with Crippen molar-refractivity contribution in [3.05, 3.63) is 28.8 Å². The van der Waals surface area contributed by atoms with Gasteiger partial charge in [-0.1, -0.05) is 17.7 Å². The Hall–Kier alpha value is -2.09. The predicted octanol–water partition coefficient (Wildman–Crippen LogP) is 3.52. The molecule has 1 aliphatic rings. The molecule has 2 rings (SSSR count). The van der Waals surface area contributed by atoms with Crippen LogP contribution in [0.2, 0.25) is 0 Å². The molecule has 1 aliphatic heterocycles. The third-order valence-corrected chi connectivity index (χ3v) is 6.05. The third kappa shape index (κ3) is 5.95. The van der Waals surface area contributed by atoms with Crippen LogP contribution in [0.4, 0.5) is 4.79 Å². The molecule has 1 fully saturated rings. The Morgan fingerprint density at radius 3 is 2.21 bits per heavy atom. The van der Waals surface area contributed by atoms with Crippen LogP contribution in [0.3, 0.4) is 0 Å². The molecule has 1 saturated heterocycles. The van der Waals surface area contributed by atoms with E-state index >= 15 is 0 Å². The van der Waals surface area contributed by atoms with Crippen molar-refractivity contribution in [1.82, 2.24) is 9.73 Å². The smallest absolute Gasteiger partial charge is 0.410 e. The van der Waals surface area contributed by atoms with Crippen LogP contribution in [0.1, 0.15) is 50.3 Å². The lowest BCUT2D eigenvalue weighted by molar-refractivity contribution is 0.0203. The number of likely N-dealkylation sites (tertiary alicyclic amines) is 1. The second kappa shape index (κ2) is 8.51. The Balaban J connectivity index is 1.93. The molecule has 1 heterocycles. The van der Waals surface area contributed by atoms with E-state index in [4.69, 9.17) is 4.74 Å². The van der Waals surface area contributed by atoms with Gasteiger partial charge in [0.05, 0.1) is 4.90 Å². The quantitative estimate of drug-likeness (QED) is 0.609. The van der Waals surface area contributed by atoms with E-state index in [0.717, 1.165) is 5.56 Å². The van der Waals surface area contributed by atoms with E-state index in [2.05, 4.69) is 9.93 Å². The Morgan fingerprint density at radius 2 is 1.71 bits per heavy atom. The molecule has 1 amide bonds. The van der Waals surface area contributed by atoms with Crippen LogP contribution in [0.25, 0.3) is 0 Å². The molecule has 0 aliphatic carbocycles. The molecule has 156 valence electrons. The number of hydrogen-bond acceptors (Lipinski definition) is 5. The van der Waals surface area contributed by atoms with Gasteiger partial charge in [0.1, 0.15) is 5.60 Å². The van der Waals surface area contributed by atoms with Crippen LogP contribution in [0.15, 0.2) is 22.1 Å². The van der Waals surface area contributed by atoms with Gasteiger partial charge in [-0.3, -0.25) is 0 Å². The summed E-state index contributed by atoms with van der Waals surface area (Å²) in [5, 5.41) is 3.98. The number of hydrogen-bond donors (Lipinski definition) is 1. The summed E-state index contributed by atoms with van der Waals surface area (Å²) in [7, 11) is -3.72. The summed E-state index contributed by atoms with van der Waals surface area (Å²) in [5.41, 5.74) is 1.91. The average molecular weight is 410 g/mol. The highest BCUT2D eigenvalue weighted by atomic mass is 32.2. The number of carbonyl (C=O) groups is 1. The summed E-state index contributed by atoms with van der Waals surface area (Å²) in [5.74, 6) is 0.113. The van der Waals surface area contributed by atoms with Crippen molar-refractivity contribution in [2.75, 3.05) is 13.1 Å². The van der Waals surface area contributed by atoms with Gasteiger partial charge in [-0.05, 0) is 71.4 Å². The van der Waals surface area contributed by atoms with Crippen molar-refractivity contribution in [2.24, 2.45) is 11.0 Å². The van der Waals surface area contributed by atoms with E-state index in [0.29, 0.717) is 37.1 Å².